The van der Waals surface area contributed by atoms with Crippen molar-refractivity contribution in [2.45, 2.75) is 11.1 Å². The summed E-state index contributed by atoms with van der Waals surface area (Å²) in [6, 6.07) is 19.4. The van der Waals surface area contributed by atoms with Crippen molar-refractivity contribution in [1.29, 1.82) is 0 Å². The second-order valence-electron chi connectivity index (χ2n) is 8.75. The highest BCUT2D eigenvalue weighted by Crippen LogP contribution is 2.34. The zero-order chi connectivity index (χ0) is 27.6. The molecule has 2 aliphatic rings. The molecule has 2 aliphatic heterocycles. The normalized spacial score (nSPS) is 17.5. The number of hydrogen-bond acceptors (Lipinski definition) is 7. The maximum Gasteiger partial charge on any atom is 0.416 e. The molecule has 1 fully saturated rings. The van der Waals surface area contributed by atoms with Gasteiger partial charge in [-0.05, 0) is 65.9 Å². The number of nitrogens with zero attached hydrogens (tertiary/aromatic N) is 3. The highest BCUT2D eigenvalue weighted by molar-refractivity contribution is 8.18. The van der Waals surface area contributed by atoms with Crippen LogP contribution in [0.1, 0.15) is 11.1 Å². The zero-order valence-corrected chi connectivity index (χ0v) is 22.0. The van der Waals surface area contributed by atoms with E-state index < -0.39 is 21.9 Å². The van der Waals surface area contributed by atoms with Gasteiger partial charge in [0.15, 0.2) is 5.17 Å². The number of amidine groups is 1. The van der Waals surface area contributed by atoms with Gasteiger partial charge in [-0.15, -0.1) is 0 Å². The summed E-state index contributed by atoms with van der Waals surface area (Å²) in [6.45, 7) is 1.98. The molecule has 0 aliphatic carbocycles. The van der Waals surface area contributed by atoms with E-state index in [2.05, 4.69) is 4.99 Å². The lowest BCUT2D eigenvalue weighted by Gasteiger charge is -2.36. The lowest BCUT2D eigenvalue weighted by molar-refractivity contribution is -0.137. The van der Waals surface area contributed by atoms with Crippen molar-refractivity contribution >= 4 is 44.7 Å². The molecule has 39 heavy (non-hydrogen) atoms. The highest BCUT2D eigenvalue weighted by Gasteiger charge is 2.32. The summed E-state index contributed by atoms with van der Waals surface area (Å²) in [6.07, 6.45) is -2.73. The summed E-state index contributed by atoms with van der Waals surface area (Å²) in [5.41, 5.74) is 0.489. The van der Waals surface area contributed by atoms with Crippen LogP contribution in [-0.4, -0.2) is 50.6 Å². The molecule has 1 saturated heterocycles. The summed E-state index contributed by atoms with van der Waals surface area (Å²) in [5.74, 6) is -0.246. The predicted octanol–water partition coefficient (Wildman–Crippen LogP) is 5.27. The van der Waals surface area contributed by atoms with Crippen LogP contribution in [0, 0.1) is 0 Å². The minimum Gasteiger partial charge on any atom is -0.379 e. The molecule has 202 valence electrons. The molecule has 0 atom stereocenters. The Hall–Kier alpha value is -3.77. The van der Waals surface area contributed by atoms with Gasteiger partial charge in [-0.25, -0.2) is 0 Å². The first-order valence-corrected chi connectivity index (χ1v) is 14.1. The summed E-state index contributed by atoms with van der Waals surface area (Å²) < 4.78 is 69.2. The Balaban J connectivity index is 1.19. The molecular formula is C27H22F3N3O4S2. The van der Waals surface area contributed by atoms with E-state index in [1.54, 1.807) is 42.5 Å². The molecule has 0 bridgehead atoms. The van der Waals surface area contributed by atoms with Crippen molar-refractivity contribution in [3.8, 4) is 5.75 Å². The minimum atomic E-state index is -4.40. The number of hydrogen-bond donors (Lipinski definition) is 0. The van der Waals surface area contributed by atoms with Gasteiger partial charge in [0.1, 0.15) is 10.6 Å². The standard InChI is InChI=1S/C27H22F3N3O4S2/c28-27(29,30)20-5-4-6-21(18-20)32-13-15-33(16-14-32)26-31-25(34)24(38-26)17-19-9-11-22(12-10-19)37-39(35,36)23-7-2-1-3-8-23/h1-12,17-18H,13-16H2. The van der Waals surface area contributed by atoms with Crippen LogP contribution in [0.25, 0.3) is 6.08 Å². The Morgan fingerprint density at radius 2 is 1.54 bits per heavy atom. The van der Waals surface area contributed by atoms with Crippen molar-refractivity contribution in [2.24, 2.45) is 4.99 Å². The second-order valence-corrected chi connectivity index (χ2v) is 11.3. The van der Waals surface area contributed by atoms with Gasteiger partial charge < -0.3 is 14.0 Å². The number of benzene rings is 3. The molecule has 3 aromatic rings. The average Bonchev–Trinajstić information content (AvgIpc) is 3.29. The van der Waals surface area contributed by atoms with Gasteiger partial charge in [0.05, 0.1) is 10.5 Å². The Morgan fingerprint density at radius 3 is 2.21 bits per heavy atom. The molecule has 0 aromatic heterocycles. The van der Waals surface area contributed by atoms with Crippen LogP contribution >= 0.6 is 11.8 Å². The van der Waals surface area contributed by atoms with Crippen LogP contribution in [0.15, 0.2) is 93.7 Å². The predicted molar refractivity (Wildman–Crippen MR) is 144 cm³/mol. The number of amides is 1. The summed E-state index contributed by atoms with van der Waals surface area (Å²) >= 11 is 1.23. The third kappa shape index (κ3) is 6.28. The van der Waals surface area contributed by atoms with Crippen molar-refractivity contribution in [2.75, 3.05) is 31.1 Å². The monoisotopic (exact) mass is 573 g/mol. The lowest BCUT2D eigenvalue weighted by Crippen LogP contribution is -2.47. The fraction of sp³-hybridized carbons (Fsp3) is 0.185. The van der Waals surface area contributed by atoms with Gasteiger partial charge >= 0.3 is 16.3 Å². The highest BCUT2D eigenvalue weighted by atomic mass is 32.2. The van der Waals surface area contributed by atoms with E-state index in [0.717, 1.165) is 12.1 Å². The molecule has 0 spiro atoms. The first-order chi connectivity index (χ1) is 18.6. The molecule has 3 aromatic carbocycles. The smallest absolute Gasteiger partial charge is 0.379 e. The number of carbonyl (C=O) groups excluding carboxylic acids is 1. The molecule has 0 saturated carbocycles. The van der Waals surface area contributed by atoms with E-state index in [0.29, 0.717) is 47.5 Å². The van der Waals surface area contributed by atoms with Crippen molar-refractivity contribution < 1.29 is 30.6 Å². The number of thioether (sulfide) groups is 1. The maximum atomic E-state index is 13.1. The number of alkyl halides is 3. The number of rotatable bonds is 5. The summed E-state index contributed by atoms with van der Waals surface area (Å²) in [5, 5.41) is 0.545. The Bertz CT molecular complexity index is 1530. The Labute approximate surface area is 227 Å². The average molecular weight is 574 g/mol. The molecule has 5 rings (SSSR count). The van der Waals surface area contributed by atoms with Gasteiger partial charge in [0.25, 0.3) is 5.91 Å². The molecule has 0 unspecified atom stereocenters. The van der Waals surface area contributed by atoms with E-state index in [4.69, 9.17) is 4.18 Å². The van der Waals surface area contributed by atoms with Gasteiger partial charge in [-0.1, -0.05) is 36.4 Å². The molecule has 12 heteroatoms. The number of anilines is 1. The third-order valence-electron chi connectivity index (χ3n) is 6.11. The fourth-order valence-electron chi connectivity index (χ4n) is 4.10. The second kappa shape index (κ2) is 10.8. The summed E-state index contributed by atoms with van der Waals surface area (Å²) in [7, 11) is -3.96. The first kappa shape index (κ1) is 26.8. The van der Waals surface area contributed by atoms with Crippen LogP contribution in [0.2, 0.25) is 0 Å². The van der Waals surface area contributed by atoms with E-state index in [9.17, 15) is 26.4 Å². The Morgan fingerprint density at radius 1 is 0.872 bits per heavy atom. The summed E-state index contributed by atoms with van der Waals surface area (Å²) in [4.78, 5) is 21.0. The van der Waals surface area contributed by atoms with Gasteiger partial charge in [0.2, 0.25) is 0 Å². The van der Waals surface area contributed by atoms with E-state index in [1.807, 2.05) is 9.80 Å². The Kier molecular flexibility index (Phi) is 7.41. The molecule has 0 N–H and O–H groups in total. The molecule has 0 radical (unpaired) electrons. The maximum absolute atomic E-state index is 13.1. The van der Waals surface area contributed by atoms with Crippen molar-refractivity contribution in [1.82, 2.24) is 4.90 Å². The minimum absolute atomic E-state index is 0.0458. The van der Waals surface area contributed by atoms with Crippen LogP contribution in [0.3, 0.4) is 0 Å². The molecular weight excluding hydrogens is 551 g/mol. The molecule has 1 amide bonds. The number of piperazine rings is 1. The number of carbonyl (C=O) groups is 1. The van der Waals surface area contributed by atoms with Crippen molar-refractivity contribution in [3.05, 3.63) is 94.9 Å². The first-order valence-electron chi connectivity index (χ1n) is 11.9. The fourth-order valence-corrected chi connectivity index (χ4v) is 6.02. The van der Waals surface area contributed by atoms with Crippen LogP contribution in [-0.2, 0) is 21.1 Å². The van der Waals surface area contributed by atoms with Crippen LogP contribution < -0.4 is 9.08 Å². The lowest BCUT2D eigenvalue weighted by atomic mass is 10.1. The van der Waals surface area contributed by atoms with Gasteiger partial charge in [-0.2, -0.15) is 26.6 Å². The quantitative estimate of drug-likeness (QED) is 0.304. The SMILES string of the molecule is O=C1N=C(N2CCN(c3cccc(C(F)(F)F)c3)CC2)SC1=Cc1ccc(OS(=O)(=O)c2ccccc2)cc1. The topological polar surface area (TPSA) is 79.3 Å². The zero-order valence-electron chi connectivity index (χ0n) is 20.3. The number of halogens is 3. The third-order valence-corrected chi connectivity index (χ3v) is 8.42. The van der Waals surface area contributed by atoms with Crippen LogP contribution in [0.4, 0.5) is 18.9 Å². The van der Waals surface area contributed by atoms with E-state index >= 15 is 0 Å². The molecule has 7 nitrogen and oxygen atoms in total. The van der Waals surface area contributed by atoms with Gasteiger partial charge in [-0.3, -0.25) is 4.79 Å². The van der Waals surface area contributed by atoms with E-state index in [-0.39, 0.29) is 16.6 Å². The number of aliphatic imine (C=N–C) groups is 1. The van der Waals surface area contributed by atoms with E-state index in [1.165, 1.54) is 42.1 Å². The largest absolute Gasteiger partial charge is 0.416 e. The van der Waals surface area contributed by atoms with Crippen LogP contribution in [0.5, 0.6) is 5.75 Å². The molecule has 2 heterocycles. The van der Waals surface area contributed by atoms with Gasteiger partial charge in [0, 0.05) is 31.9 Å². The van der Waals surface area contributed by atoms with Crippen molar-refractivity contribution in [3.63, 3.8) is 0 Å².